The highest BCUT2D eigenvalue weighted by Gasteiger charge is 2.11. The maximum atomic E-state index is 12.4. The number of nitrogens with zero attached hydrogens (tertiary/aromatic N) is 1. The van der Waals surface area contributed by atoms with Crippen molar-refractivity contribution in [3.8, 4) is 11.3 Å². The first-order valence-corrected chi connectivity index (χ1v) is 9.77. The molecule has 1 aromatic heterocycles. The molecule has 27 heavy (non-hydrogen) atoms. The number of aryl methyl sites for hydroxylation is 2. The Labute approximate surface area is 162 Å². The molecule has 0 saturated heterocycles. The molecule has 0 aliphatic rings. The summed E-state index contributed by atoms with van der Waals surface area (Å²) in [7, 11) is 0. The molecule has 0 fully saturated rings. The lowest BCUT2D eigenvalue weighted by atomic mass is 10.0. The van der Waals surface area contributed by atoms with Crippen molar-refractivity contribution in [3.63, 3.8) is 0 Å². The van der Waals surface area contributed by atoms with Crippen LogP contribution in [0.25, 0.3) is 22.0 Å². The van der Waals surface area contributed by atoms with Gasteiger partial charge in [-0.1, -0.05) is 60.2 Å². The molecular weight excluding hydrogens is 352 g/mol. The molecule has 3 nitrogen and oxygen atoms in total. The summed E-state index contributed by atoms with van der Waals surface area (Å²) in [6, 6.07) is 20.6. The third-order valence-electron chi connectivity index (χ3n) is 4.60. The lowest BCUT2D eigenvalue weighted by Crippen LogP contribution is -2.14. The van der Waals surface area contributed by atoms with Crippen LogP contribution in [0.1, 0.15) is 16.7 Å². The fourth-order valence-corrected chi connectivity index (χ4v) is 3.89. The van der Waals surface area contributed by atoms with Crippen LogP contribution in [-0.2, 0) is 11.2 Å². The van der Waals surface area contributed by atoms with Crippen LogP contribution < -0.4 is 5.32 Å². The van der Waals surface area contributed by atoms with E-state index in [2.05, 4.69) is 66.6 Å². The Bertz CT molecular complexity index is 1130. The largest absolute Gasteiger partial charge is 0.302 e. The van der Waals surface area contributed by atoms with Gasteiger partial charge in [-0.2, -0.15) is 0 Å². The Kier molecular flexibility index (Phi) is 4.73. The van der Waals surface area contributed by atoms with Gasteiger partial charge in [0.2, 0.25) is 5.91 Å². The maximum Gasteiger partial charge on any atom is 0.230 e. The second kappa shape index (κ2) is 7.33. The van der Waals surface area contributed by atoms with Crippen molar-refractivity contribution >= 4 is 33.1 Å². The molecule has 0 aliphatic carbocycles. The fourth-order valence-electron chi connectivity index (χ4n) is 3.16. The monoisotopic (exact) mass is 372 g/mol. The number of fused-ring (bicyclic) bond motifs is 1. The molecule has 4 aromatic rings. The van der Waals surface area contributed by atoms with Gasteiger partial charge in [0.25, 0.3) is 0 Å². The molecule has 0 aliphatic heterocycles. The Morgan fingerprint density at radius 2 is 1.81 bits per heavy atom. The van der Waals surface area contributed by atoms with Crippen LogP contribution in [0.15, 0.2) is 66.0 Å². The number of hydrogen-bond donors (Lipinski definition) is 1. The van der Waals surface area contributed by atoms with Crippen LogP contribution in [0.2, 0.25) is 0 Å². The SMILES string of the molecule is Cc1ccc(C)c(-c2csc(NC(=O)Cc3ccc4ccccc4c3)n2)c1. The highest BCUT2D eigenvalue weighted by molar-refractivity contribution is 7.14. The average Bonchev–Trinajstić information content (AvgIpc) is 3.11. The Hall–Kier alpha value is -2.98. The van der Waals surface area contributed by atoms with Crippen molar-refractivity contribution in [2.75, 3.05) is 5.32 Å². The zero-order valence-corrected chi connectivity index (χ0v) is 16.1. The minimum Gasteiger partial charge on any atom is -0.302 e. The molecule has 1 amide bonds. The highest BCUT2D eigenvalue weighted by Crippen LogP contribution is 2.28. The van der Waals surface area contributed by atoms with E-state index in [4.69, 9.17) is 0 Å². The van der Waals surface area contributed by atoms with Crippen LogP contribution >= 0.6 is 11.3 Å². The molecule has 0 atom stereocenters. The van der Waals surface area contributed by atoms with E-state index in [1.54, 1.807) is 0 Å². The zero-order valence-electron chi connectivity index (χ0n) is 15.3. The number of amides is 1. The van der Waals surface area contributed by atoms with Crippen molar-refractivity contribution < 1.29 is 4.79 Å². The molecule has 0 bridgehead atoms. The summed E-state index contributed by atoms with van der Waals surface area (Å²) in [5.74, 6) is -0.0489. The van der Waals surface area contributed by atoms with E-state index in [0.717, 1.165) is 22.2 Å². The molecule has 0 unspecified atom stereocenters. The van der Waals surface area contributed by atoms with E-state index in [0.29, 0.717) is 11.6 Å². The molecule has 1 N–H and O–H groups in total. The summed E-state index contributed by atoms with van der Waals surface area (Å²) < 4.78 is 0. The van der Waals surface area contributed by atoms with Gasteiger partial charge in [0.15, 0.2) is 5.13 Å². The van der Waals surface area contributed by atoms with Crippen LogP contribution in [0, 0.1) is 13.8 Å². The first kappa shape index (κ1) is 17.4. The second-order valence-corrected chi connectivity index (χ2v) is 7.62. The molecule has 4 rings (SSSR count). The normalized spacial score (nSPS) is 10.9. The summed E-state index contributed by atoms with van der Waals surface area (Å²) in [4.78, 5) is 17.0. The first-order valence-electron chi connectivity index (χ1n) is 8.89. The first-order chi connectivity index (χ1) is 13.1. The van der Waals surface area contributed by atoms with Crippen molar-refractivity contribution in [1.82, 2.24) is 4.98 Å². The topological polar surface area (TPSA) is 42.0 Å². The van der Waals surface area contributed by atoms with Gasteiger partial charge in [-0.3, -0.25) is 4.79 Å². The number of aromatic nitrogens is 1. The average molecular weight is 372 g/mol. The van der Waals surface area contributed by atoms with E-state index in [1.165, 1.54) is 27.8 Å². The van der Waals surface area contributed by atoms with E-state index in [1.807, 2.05) is 23.6 Å². The molecule has 0 radical (unpaired) electrons. The van der Waals surface area contributed by atoms with Gasteiger partial charge < -0.3 is 5.32 Å². The van der Waals surface area contributed by atoms with Gasteiger partial charge >= 0.3 is 0 Å². The van der Waals surface area contributed by atoms with Crippen molar-refractivity contribution in [3.05, 3.63) is 82.7 Å². The molecule has 0 saturated carbocycles. The molecular formula is C23H20N2OS. The second-order valence-electron chi connectivity index (χ2n) is 6.76. The van der Waals surface area contributed by atoms with E-state index < -0.39 is 0 Å². The minimum atomic E-state index is -0.0489. The summed E-state index contributed by atoms with van der Waals surface area (Å²) >= 11 is 1.46. The lowest BCUT2D eigenvalue weighted by Gasteiger charge is -2.05. The van der Waals surface area contributed by atoms with E-state index >= 15 is 0 Å². The quantitative estimate of drug-likeness (QED) is 0.495. The summed E-state index contributed by atoms with van der Waals surface area (Å²) in [6.07, 6.45) is 0.337. The number of rotatable bonds is 4. The highest BCUT2D eigenvalue weighted by atomic mass is 32.1. The summed E-state index contributed by atoms with van der Waals surface area (Å²) in [5.41, 5.74) is 5.39. The number of anilines is 1. The van der Waals surface area contributed by atoms with Gasteiger partial charge in [-0.25, -0.2) is 4.98 Å². The van der Waals surface area contributed by atoms with Crippen LogP contribution in [0.4, 0.5) is 5.13 Å². The van der Waals surface area contributed by atoms with Crippen LogP contribution in [0.5, 0.6) is 0 Å². The maximum absolute atomic E-state index is 12.4. The van der Waals surface area contributed by atoms with Gasteiger partial charge in [0, 0.05) is 10.9 Å². The number of hydrogen-bond acceptors (Lipinski definition) is 3. The molecule has 4 heteroatoms. The standard InChI is InChI=1S/C23H20N2OS/c1-15-7-8-16(2)20(11-15)21-14-27-23(24-21)25-22(26)13-17-9-10-18-5-3-4-6-19(18)12-17/h3-12,14H,13H2,1-2H3,(H,24,25,26). The zero-order chi connectivity index (χ0) is 18.8. The lowest BCUT2D eigenvalue weighted by molar-refractivity contribution is -0.115. The number of benzene rings is 3. The number of carbonyl (C=O) groups is 1. The van der Waals surface area contributed by atoms with Gasteiger partial charge in [-0.15, -0.1) is 11.3 Å². The minimum absolute atomic E-state index is 0.0489. The fraction of sp³-hybridized carbons (Fsp3) is 0.130. The van der Waals surface area contributed by atoms with E-state index in [-0.39, 0.29) is 5.91 Å². The molecule has 3 aromatic carbocycles. The number of nitrogens with one attached hydrogen (secondary N) is 1. The third-order valence-corrected chi connectivity index (χ3v) is 5.36. The van der Waals surface area contributed by atoms with Crippen molar-refractivity contribution in [2.45, 2.75) is 20.3 Å². The Morgan fingerprint density at radius 1 is 1.00 bits per heavy atom. The van der Waals surface area contributed by atoms with Gasteiger partial charge in [0.05, 0.1) is 12.1 Å². The molecule has 0 spiro atoms. The summed E-state index contributed by atoms with van der Waals surface area (Å²) in [5, 5.41) is 7.89. The number of thiazole rings is 1. The van der Waals surface area contributed by atoms with Crippen molar-refractivity contribution in [2.24, 2.45) is 0 Å². The van der Waals surface area contributed by atoms with E-state index in [9.17, 15) is 4.79 Å². The predicted octanol–water partition coefficient (Wildman–Crippen LogP) is 5.76. The predicted molar refractivity (Wildman–Crippen MR) is 113 cm³/mol. The van der Waals surface area contributed by atoms with Gasteiger partial charge in [-0.05, 0) is 41.8 Å². The Balaban J connectivity index is 1.48. The molecule has 134 valence electrons. The summed E-state index contributed by atoms with van der Waals surface area (Å²) in [6.45, 7) is 4.15. The van der Waals surface area contributed by atoms with Crippen LogP contribution in [0.3, 0.4) is 0 Å². The smallest absolute Gasteiger partial charge is 0.230 e. The third kappa shape index (κ3) is 3.91. The molecule has 1 heterocycles. The van der Waals surface area contributed by atoms with Crippen molar-refractivity contribution in [1.29, 1.82) is 0 Å². The van der Waals surface area contributed by atoms with Crippen LogP contribution in [-0.4, -0.2) is 10.9 Å². The van der Waals surface area contributed by atoms with Gasteiger partial charge in [0.1, 0.15) is 0 Å². The number of carbonyl (C=O) groups excluding carboxylic acids is 1. The Morgan fingerprint density at radius 3 is 2.67 bits per heavy atom.